The highest BCUT2D eigenvalue weighted by molar-refractivity contribution is 8.07. The molecule has 14 nitrogen and oxygen atoms in total. The third-order valence-electron chi connectivity index (χ3n) is 7.07. The number of carboxylic acid groups (broad SMARTS) is 2. The van der Waals surface area contributed by atoms with Crippen LogP contribution in [0.1, 0.15) is 32.4 Å². The van der Waals surface area contributed by atoms with E-state index in [9.17, 15) is 29.4 Å². The van der Waals surface area contributed by atoms with Crippen molar-refractivity contribution >= 4 is 86.6 Å². The molecule has 0 aromatic carbocycles. The maximum absolute atomic E-state index is 13.3. The molecule has 2 aromatic heterocycles. The monoisotopic (exact) mass is 654 g/mol. The van der Waals surface area contributed by atoms with Crippen molar-refractivity contribution in [2.24, 2.45) is 5.16 Å². The second-order valence-electron chi connectivity index (χ2n) is 10.5. The number of carbonyl (C=O) groups is 4. The normalized spacial score (nSPS) is 22.0. The number of nitrogens with zero attached hydrogens (tertiary/aromatic N) is 5. The first-order valence-electron chi connectivity index (χ1n) is 12.7. The van der Waals surface area contributed by atoms with Crippen LogP contribution >= 0.6 is 46.2 Å². The van der Waals surface area contributed by atoms with Crippen molar-refractivity contribution in [3.8, 4) is 0 Å². The number of thioether (sulfide) groups is 2. The molecular formula is C24H28N7O7S4+. The van der Waals surface area contributed by atoms with Crippen molar-refractivity contribution in [2.75, 3.05) is 31.6 Å². The number of carbonyl (C=O) groups excluding carboxylic acids is 2. The van der Waals surface area contributed by atoms with Gasteiger partial charge in [-0.15, -0.1) is 34.4 Å². The van der Waals surface area contributed by atoms with Crippen LogP contribution in [0.3, 0.4) is 0 Å². The first kappa shape index (κ1) is 30.3. The van der Waals surface area contributed by atoms with Gasteiger partial charge < -0.3 is 26.1 Å². The summed E-state index contributed by atoms with van der Waals surface area (Å²) >= 11 is 5.04. The molecular weight excluding hydrogens is 627 g/mol. The number of aromatic nitrogens is 2. The Hall–Kier alpha value is -3.19. The lowest BCUT2D eigenvalue weighted by Crippen LogP contribution is -2.71. The van der Waals surface area contributed by atoms with Gasteiger partial charge in [-0.25, -0.2) is 14.6 Å². The molecule has 18 heteroatoms. The minimum atomic E-state index is -1.75. The molecule has 3 aliphatic heterocycles. The zero-order valence-corrected chi connectivity index (χ0v) is 26.0. The van der Waals surface area contributed by atoms with Crippen LogP contribution in [0.4, 0.5) is 10.9 Å². The van der Waals surface area contributed by atoms with Crippen molar-refractivity contribution in [3.63, 3.8) is 0 Å². The van der Waals surface area contributed by atoms with E-state index in [2.05, 4.69) is 22.5 Å². The third kappa shape index (κ3) is 5.72. The number of aliphatic carboxylic acids is 2. The van der Waals surface area contributed by atoms with E-state index in [-0.39, 0.29) is 22.2 Å². The first-order valence-corrected chi connectivity index (χ1v) is 16.3. The molecule has 0 saturated carbocycles. The van der Waals surface area contributed by atoms with Crippen molar-refractivity contribution in [2.45, 2.75) is 48.0 Å². The van der Waals surface area contributed by atoms with Gasteiger partial charge in [-0.1, -0.05) is 16.9 Å². The van der Waals surface area contributed by atoms with Crippen LogP contribution in [-0.2, 0) is 24.0 Å². The maximum atomic E-state index is 13.3. The minimum Gasteiger partial charge on any atom is -0.478 e. The summed E-state index contributed by atoms with van der Waals surface area (Å²) in [6, 6.07) is -1.05. The summed E-state index contributed by atoms with van der Waals surface area (Å²) in [7, 11) is 2.14. The number of nitrogens with one attached hydrogen (secondary N) is 1. The smallest absolute Gasteiger partial charge is 0.353 e. The van der Waals surface area contributed by atoms with Crippen molar-refractivity contribution in [1.29, 1.82) is 0 Å². The molecule has 2 saturated heterocycles. The highest BCUT2D eigenvalue weighted by Crippen LogP contribution is 2.46. The minimum absolute atomic E-state index is 0.0359. The Kier molecular flexibility index (Phi) is 8.27. The molecule has 224 valence electrons. The summed E-state index contributed by atoms with van der Waals surface area (Å²) in [4.78, 5) is 65.8. The van der Waals surface area contributed by atoms with Crippen molar-refractivity contribution in [1.82, 2.24) is 24.7 Å². The topological polar surface area (TPSA) is 197 Å². The Bertz CT molecular complexity index is 1510. The Labute approximate surface area is 256 Å². The maximum Gasteiger partial charge on any atom is 0.353 e. The average Bonchev–Trinajstić information content (AvgIpc) is 3.69. The summed E-state index contributed by atoms with van der Waals surface area (Å²) in [5.41, 5.74) is 3.48. The number of rotatable bonds is 10. The van der Waals surface area contributed by atoms with E-state index in [0.717, 1.165) is 47.6 Å². The van der Waals surface area contributed by atoms with E-state index in [1.807, 2.05) is 5.38 Å². The van der Waals surface area contributed by atoms with Gasteiger partial charge in [0.05, 0.1) is 25.5 Å². The van der Waals surface area contributed by atoms with Crippen LogP contribution in [0.5, 0.6) is 0 Å². The molecule has 2 atom stereocenters. The van der Waals surface area contributed by atoms with E-state index in [1.165, 1.54) is 59.0 Å². The van der Waals surface area contributed by atoms with E-state index >= 15 is 0 Å². The van der Waals surface area contributed by atoms with E-state index in [4.69, 9.17) is 15.6 Å². The number of carboxylic acids is 2. The van der Waals surface area contributed by atoms with Gasteiger partial charge in [0.2, 0.25) is 11.4 Å². The summed E-state index contributed by atoms with van der Waals surface area (Å²) in [6.07, 6.45) is 2.27. The number of thiazole rings is 2. The molecule has 0 spiro atoms. The Morgan fingerprint density at radius 3 is 2.55 bits per heavy atom. The van der Waals surface area contributed by atoms with Crippen LogP contribution in [0.15, 0.2) is 30.9 Å². The number of likely N-dealkylation sites (tertiary alicyclic amines) is 1. The second-order valence-corrected chi connectivity index (χ2v) is 14.7. The summed E-state index contributed by atoms with van der Waals surface area (Å²) in [6.45, 7) is 4.53. The summed E-state index contributed by atoms with van der Waals surface area (Å²) in [5, 5.41) is 28.6. The molecule has 5 heterocycles. The van der Waals surface area contributed by atoms with Gasteiger partial charge >= 0.3 is 11.9 Å². The number of amides is 2. The fraction of sp³-hybridized carbons (Fsp3) is 0.458. The molecule has 2 amide bonds. The quantitative estimate of drug-likeness (QED) is 0.126. The zero-order chi connectivity index (χ0) is 30.4. The number of β-lactam (4-membered cyclic amide) rings is 1. The number of nitrogen functional groups attached to an aromatic ring is 1. The van der Waals surface area contributed by atoms with E-state index in [1.54, 1.807) is 0 Å². The third-order valence-corrected chi connectivity index (χ3v) is 11.2. The first-order chi connectivity index (χ1) is 19.8. The lowest BCUT2D eigenvalue weighted by atomic mass is 10.0. The number of fused-ring (bicyclic) bond motifs is 1. The average molecular weight is 655 g/mol. The fourth-order valence-corrected chi connectivity index (χ4v) is 8.70. The second kappa shape index (κ2) is 11.5. The molecule has 0 radical (unpaired) electrons. The van der Waals surface area contributed by atoms with Crippen LogP contribution in [-0.4, -0.2) is 97.5 Å². The molecule has 0 unspecified atom stereocenters. The predicted octanol–water partition coefficient (Wildman–Crippen LogP) is 1.98. The highest BCUT2D eigenvalue weighted by Gasteiger charge is 2.55. The number of hydrogen-bond donors (Lipinski definition) is 4. The van der Waals surface area contributed by atoms with Gasteiger partial charge in [0.1, 0.15) is 22.8 Å². The van der Waals surface area contributed by atoms with Crippen LogP contribution in [0.2, 0.25) is 0 Å². The number of quaternary nitrogens is 1. The Morgan fingerprint density at radius 2 is 1.93 bits per heavy atom. The fourth-order valence-electron chi connectivity index (χ4n) is 4.59. The lowest BCUT2D eigenvalue weighted by Gasteiger charge is -2.49. The summed E-state index contributed by atoms with van der Waals surface area (Å²) in [5.74, 6) is -2.76. The van der Waals surface area contributed by atoms with Crippen molar-refractivity contribution < 1.29 is 34.2 Å². The van der Waals surface area contributed by atoms with Gasteiger partial charge in [-0.3, -0.25) is 19.0 Å². The van der Waals surface area contributed by atoms with Gasteiger partial charge in [0.25, 0.3) is 11.8 Å². The van der Waals surface area contributed by atoms with Gasteiger partial charge in [0.15, 0.2) is 15.2 Å². The molecule has 5 N–H and O–H groups in total. The Balaban J connectivity index is 1.33. The molecule has 0 bridgehead atoms. The molecule has 42 heavy (non-hydrogen) atoms. The van der Waals surface area contributed by atoms with Crippen molar-refractivity contribution in [3.05, 3.63) is 27.1 Å². The summed E-state index contributed by atoms with van der Waals surface area (Å²) < 4.78 is 1.46. The van der Waals surface area contributed by atoms with Crippen LogP contribution in [0, 0.1) is 0 Å². The number of hydrogen-bond acceptors (Lipinski definition) is 13. The number of oxime groups is 1. The SMILES string of the molecule is CC(C)(O/N=C(\C(=O)N[C@@H]1C(=O)N2C(C(=O)O)=C(Sc3nc([N+]4(C)CCCC4)cs3)CS[C@H]12)c1csc(N)n1)C(=O)O. The largest absolute Gasteiger partial charge is 0.478 e. The van der Waals surface area contributed by atoms with Crippen LogP contribution in [0.25, 0.3) is 0 Å². The predicted molar refractivity (Wildman–Crippen MR) is 160 cm³/mol. The number of nitrogens with two attached hydrogens (primary N) is 1. The van der Waals surface area contributed by atoms with Gasteiger partial charge in [0, 0.05) is 28.9 Å². The molecule has 2 aromatic rings. The van der Waals surface area contributed by atoms with Gasteiger partial charge in [-0.05, 0) is 13.8 Å². The number of anilines is 1. The molecule has 0 aliphatic carbocycles. The molecule has 2 fully saturated rings. The zero-order valence-electron chi connectivity index (χ0n) is 22.7. The lowest BCUT2D eigenvalue weighted by molar-refractivity contribution is -0.161. The molecule has 3 aliphatic rings. The molecule has 5 rings (SSSR count). The standard InChI is InChI=1S/C24H27N7O7S4/c1-24(2,21(36)37)38-29-14(11-8-40-22(25)26-11)17(32)28-15-18(33)30-16(20(34)35)12(9-39-19(15)30)42-23-27-13(10-41-23)31(3)6-4-5-7-31/h8,10,15,19H,4-7,9H2,1-3H3,(H4-,25,26,28,32,34,35,36,37)/p+1/b29-14-/t15-,19-/m1/s1. The van der Waals surface area contributed by atoms with Crippen LogP contribution < -0.4 is 15.5 Å². The van der Waals surface area contributed by atoms with E-state index in [0.29, 0.717) is 15.0 Å². The van der Waals surface area contributed by atoms with Gasteiger partial charge in [-0.2, -0.15) is 4.98 Å². The van der Waals surface area contributed by atoms with E-state index < -0.39 is 40.8 Å². The highest BCUT2D eigenvalue weighted by atomic mass is 32.2. The Morgan fingerprint density at radius 1 is 1.21 bits per heavy atom.